The molecule has 466 valence electrons. The fourth-order valence-electron chi connectivity index (χ4n) is 11.8. The fourth-order valence-corrected chi connectivity index (χ4v) is 13.3. The summed E-state index contributed by atoms with van der Waals surface area (Å²) in [7, 11) is 0. The van der Waals surface area contributed by atoms with E-state index in [4.69, 9.17) is 28.9 Å². The van der Waals surface area contributed by atoms with Gasteiger partial charge < -0.3 is 28.9 Å². The Morgan fingerprint density at radius 2 is 0.477 bits per heavy atom. The Morgan fingerprint density at radius 3 is 0.705 bits per heavy atom. The molecule has 3 aromatic heterocycles. The van der Waals surface area contributed by atoms with Crippen molar-refractivity contribution in [3.63, 3.8) is 0 Å². The highest BCUT2D eigenvalue weighted by Crippen LogP contribution is 2.41. The molecule has 0 fully saturated rings. The zero-order valence-electron chi connectivity index (χ0n) is 51.5. The molecule has 0 saturated carbocycles. The molecule has 7 aromatic rings. The van der Waals surface area contributed by atoms with Gasteiger partial charge in [-0.25, -0.2) is 9.97 Å². The van der Waals surface area contributed by atoms with E-state index in [1.807, 2.05) is 0 Å². The third kappa shape index (κ3) is 20.3. The van der Waals surface area contributed by atoms with Gasteiger partial charge in [0.15, 0.2) is 0 Å². The SMILES string of the molecule is BrCCCCCCCCOc1cccc(-c2c3nc(c(-c4cccc(OCCCCCCCCBr)c4)c4ccc([nH]4)c(-c4cccc(OCCCCCCCCBr)c4)c4nc(c(-c5cccc(OCCCCCCCCBr)c5)c5ccc2[nH]5)C=C4)C=C3)c1. The van der Waals surface area contributed by atoms with Crippen LogP contribution in [0.5, 0.6) is 23.0 Å². The predicted molar refractivity (Wildman–Crippen MR) is 389 cm³/mol. The van der Waals surface area contributed by atoms with Crippen LogP contribution in [0.2, 0.25) is 0 Å². The first-order valence-electron chi connectivity index (χ1n) is 32.9. The Balaban J connectivity index is 1.18. The summed E-state index contributed by atoms with van der Waals surface area (Å²) in [5.74, 6) is 3.37. The minimum Gasteiger partial charge on any atom is -0.494 e. The third-order valence-corrected chi connectivity index (χ3v) is 18.7. The number of ether oxygens (including phenoxy) is 4. The number of benzene rings is 4. The Hall–Kier alpha value is -5.40. The van der Waals surface area contributed by atoms with Crippen molar-refractivity contribution in [1.82, 2.24) is 19.9 Å². The second-order valence-electron chi connectivity index (χ2n) is 23.2. The average Bonchev–Trinajstić information content (AvgIpc) is 2.39. The van der Waals surface area contributed by atoms with E-state index in [2.05, 4.69) is 219 Å². The number of nitrogens with one attached hydrogen (secondary N) is 2. The van der Waals surface area contributed by atoms with Crippen molar-refractivity contribution >= 4 is 110 Å². The monoisotopic (exact) mass is 1440 g/mol. The summed E-state index contributed by atoms with van der Waals surface area (Å²) >= 11 is 14.3. The highest BCUT2D eigenvalue weighted by Gasteiger charge is 2.21. The number of alkyl halides is 4. The molecule has 9 rings (SSSR count). The number of unbranched alkanes of at least 4 members (excludes halogenated alkanes) is 20. The molecule has 0 unspecified atom stereocenters. The van der Waals surface area contributed by atoms with Crippen LogP contribution < -0.4 is 18.9 Å². The zero-order chi connectivity index (χ0) is 60.8. The van der Waals surface area contributed by atoms with Crippen LogP contribution >= 0.6 is 63.7 Å². The van der Waals surface area contributed by atoms with Crippen molar-refractivity contribution in [3.8, 4) is 67.5 Å². The number of aromatic amines is 2. The van der Waals surface area contributed by atoms with E-state index in [0.717, 1.165) is 185 Å². The topological polar surface area (TPSA) is 94.3 Å². The lowest BCUT2D eigenvalue weighted by Crippen LogP contribution is -1.98. The number of hydrogen-bond donors (Lipinski definition) is 2. The van der Waals surface area contributed by atoms with Crippen molar-refractivity contribution in [1.29, 1.82) is 0 Å². The molecule has 2 aliphatic heterocycles. The average molecular weight is 1440 g/mol. The van der Waals surface area contributed by atoms with Crippen molar-refractivity contribution in [2.24, 2.45) is 0 Å². The van der Waals surface area contributed by atoms with Gasteiger partial charge in [0.2, 0.25) is 0 Å². The fraction of sp³-hybridized carbons (Fsp3) is 0.421. The highest BCUT2D eigenvalue weighted by atomic mass is 79.9. The van der Waals surface area contributed by atoms with Crippen LogP contribution in [0.3, 0.4) is 0 Å². The number of nitrogens with zero attached hydrogens (tertiary/aromatic N) is 2. The summed E-state index contributed by atoms with van der Waals surface area (Å²) in [6.45, 7) is 2.68. The van der Waals surface area contributed by atoms with E-state index in [-0.39, 0.29) is 0 Å². The Labute approximate surface area is 558 Å². The maximum absolute atomic E-state index is 6.54. The molecule has 4 aromatic carbocycles. The van der Waals surface area contributed by atoms with Gasteiger partial charge in [0, 0.05) is 65.6 Å². The second-order valence-corrected chi connectivity index (χ2v) is 26.4. The van der Waals surface area contributed by atoms with Crippen molar-refractivity contribution < 1.29 is 18.9 Å². The Morgan fingerprint density at radius 1 is 0.261 bits per heavy atom. The molecular weight excluding hydrogens is 1350 g/mol. The van der Waals surface area contributed by atoms with Crippen molar-refractivity contribution in [2.75, 3.05) is 47.7 Å². The molecule has 0 atom stereocenters. The normalized spacial score (nSPS) is 11.9. The molecule has 0 spiro atoms. The molecule has 88 heavy (non-hydrogen) atoms. The van der Waals surface area contributed by atoms with Gasteiger partial charge in [0.1, 0.15) is 23.0 Å². The maximum atomic E-state index is 6.54. The molecule has 0 radical (unpaired) electrons. The minimum atomic E-state index is 0.670. The van der Waals surface area contributed by atoms with E-state index in [1.54, 1.807) is 0 Å². The van der Waals surface area contributed by atoms with Crippen LogP contribution in [0.1, 0.15) is 177 Å². The van der Waals surface area contributed by atoms with Crippen LogP contribution in [0.15, 0.2) is 121 Å². The number of fused-ring (bicyclic) bond motifs is 8. The highest BCUT2D eigenvalue weighted by molar-refractivity contribution is 9.09. The van der Waals surface area contributed by atoms with Crippen LogP contribution in [0.25, 0.3) is 90.9 Å². The lowest BCUT2D eigenvalue weighted by molar-refractivity contribution is 0.304. The quantitative estimate of drug-likeness (QED) is 0.0294. The van der Waals surface area contributed by atoms with E-state index in [1.165, 1.54) is 103 Å². The summed E-state index contributed by atoms with van der Waals surface area (Å²) in [6.07, 6.45) is 37.3. The molecule has 2 aliphatic rings. The van der Waals surface area contributed by atoms with Crippen LogP contribution in [-0.4, -0.2) is 67.7 Å². The van der Waals surface area contributed by atoms with Gasteiger partial charge in [-0.15, -0.1) is 0 Å². The molecule has 5 heterocycles. The maximum Gasteiger partial charge on any atom is 0.119 e. The molecular formula is C76H90Br4N4O4. The first-order chi connectivity index (χ1) is 43.5. The number of rotatable bonds is 40. The van der Waals surface area contributed by atoms with Gasteiger partial charge in [0.05, 0.1) is 49.2 Å². The molecule has 0 saturated heterocycles. The largest absolute Gasteiger partial charge is 0.494 e. The standard InChI is InChI=1S/C76H90Br4N4O4/c77-45-17-9-1-5-13-21-49-85-61-33-25-29-57(53-61)73-65-37-39-67(81-65)74(58-30-26-34-62(54-58)86-50-22-14-6-2-10-18-46-78)69-41-43-71(83-69)76(60-32-28-36-64(56-60)88-52-24-16-8-4-12-20-48-80)72-44-42-70(84-72)75(68-40-38-66(73)82-68)59-31-27-35-63(55-59)87-51-23-15-7-3-11-19-47-79/h25-44,53-56,81,84H,1-24,45-52H2. The number of aromatic nitrogens is 4. The Bertz CT molecular complexity index is 3050. The summed E-state index contributed by atoms with van der Waals surface area (Å²) in [5.41, 5.74) is 15.0. The summed E-state index contributed by atoms with van der Waals surface area (Å²) in [4.78, 5) is 19.3. The summed E-state index contributed by atoms with van der Waals surface area (Å²) < 4.78 is 26.1. The summed E-state index contributed by atoms with van der Waals surface area (Å²) in [5, 5.41) is 4.30. The van der Waals surface area contributed by atoms with Gasteiger partial charge in [-0.2, -0.15) is 0 Å². The number of halogens is 4. The predicted octanol–water partition coefficient (Wildman–Crippen LogP) is 23.8. The molecule has 8 nitrogen and oxygen atoms in total. The third-order valence-electron chi connectivity index (χ3n) is 16.4. The molecule has 12 heteroatoms. The van der Waals surface area contributed by atoms with E-state index in [9.17, 15) is 0 Å². The van der Waals surface area contributed by atoms with Crippen LogP contribution in [-0.2, 0) is 0 Å². The number of hydrogen-bond acceptors (Lipinski definition) is 6. The van der Waals surface area contributed by atoms with Crippen molar-refractivity contribution in [3.05, 3.63) is 144 Å². The molecule has 0 aliphatic carbocycles. The smallest absolute Gasteiger partial charge is 0.119 e. The first-order valence-corrected chi connectivity index (χ1v) is 37.3. The number of H-pyrrole nitrogens is 2. The molecule has 8 bridgehead atoms. The Kier molecular flexibility index (Phi) is 28.7. The van der Waals surface area contributed by atoms with E-state index >= 15 is 0 Å². The zero-order valence-corrected chi connectivity index (χ0v) is 57.9. The van der Waals surface area contributed by atoms with Gasteiger partial charge in [-0.1, -0.05) is 215 Å². The summed E-state index contributed by atoms with van der Waals surface area (Å²) in [6, 6.07) is 42.9. The van der Waals surface area contributed by atoms with Crippen LogP contribution in [0.4, 0.5) is 0 Å². The van der Waals surface area contributed by atoms with E-state index < -0.39 is 0 Å². The lowest BCUT2D eigenvalue weighted by atomic mass is 10.0. The lowest BCUT2D eigenvalue weighted by Gasteiger charge is -2.11. The van der Waals surface area contributed by atoms with Crippen LogP contribution in [0, 0.1) is 0 Å². The molecule has 0 amide bonds. The van der Waals surface area contributed by atoms with Crippen molar-refractivity contribution in [2.45, 2.75) is 154 Å². The first kappa shape index (κ1) is 67.0. The van der Waals surface area contributed by atoms with Gasteiger partial charge >= 0.3 is 0 Å². The van der Waals surface area contributed by atoms with Gasteiger partial charge in [-0.05, 0) is 171 Å². The second kappa shape index (κ2) is 37.7. The van der Waals surface area contributed by atoms with Gasteiger partial charge in [0.25, 0.3) is 0 Å². The van der Waals surface area contributed by atoms with E-state index in [0.29, 0.717) is 26.4 Å². The van der Waals surface area contributed by atoms with Gasteiger partial charge in [-0.3, -0.25) is 0 Å². The minimum absolute atomic E-state index is 0.670. The molecule has 2 N–H and O–H groups in total.